The molecule has 0 unspecified atom stereocenters. The average molecular weight is 427 g/mol. The fourth-order valence-corrected chi connectivity index (χ4v) is 11.9. The third kappa shape index (κ3) is 3.95. The Hall–Kier alpha value is -2.40. The highest BCUT2D eigenvalue weighted by molar-refractivity contribution is 6.82. The van der Waals surface area contributed by atoms with Crippen LogP contribution in [0.4, 0.5) is 8.78 Å². The predicted octanol–water partition coefficient (Wildman–Crippen LogP) is 8.11. The van der Waals surface area contributed by atoms with E-state index in [1.165, 1.54) is 17.6 Å². The van der Waals surface area contributed by atoms with E-state index in [9.17, 15) is 8.78 Å². The monoisotopic (exact) mass is 426 g/mol. The van der Waals surface area contributed by atoms with Gasteiger partial charge in [0.05, 0.1) is 0 Å². The number of aromatic nitrogens is 2. The van der Waals surface area contributed by atoms with Gasteiger partial charge in [-0.25, -0.2) is 8.78 Å². The van der Waals surface area contributed by atoms with Crippen LogP contribution in [0.2, 0.25) is 16.6 Å². The summed E-state index contributed by atoms with van der Waals surface area (Å²) in [5.74, 6) is -0.340. The molecule has 0 aliphatic rings. The zero-order valence-corrected chi connectivity index (χ0v) is 19.7. The lowest BCUT2D eigenvalue weighted by atomic mass is 10.2. The minimum Gasteiger partial charge on any atom is -0.373 e. The summed E-state index contributed by atoms with van der Waals surface area (Å²) >= 11 is 0. The molecule has 1 N–H and O–H groups in total. The van der Waals surface area contributed by atoms with Crippen molar-refractivity contribution in [2.45, 2.75) is 58.2 Å². The standard InChI is InChI=1S/C17H26FNSi.C8H6FN/c1-12(2)20(13(3)4,14(5)6)19-10-9-15-11-16(18)7-8-17(15)19;9-7-1-2-8-6(5-7)3-4-10-8/h7-14H,1-6H3;1-5,10H. The highest BCUT2D eigenvalue weighted by Gasteiger charge is 2.45. The normalized spacial score (nSPS) is 12.2. The fraction of sp³-hybridized carbons (Fsp3) is 0.360. The molecule has 0 bridgehead atoms. The van der Waals surface area contributed by atoms with Gasteiger partial charge < -0.3 is 9.22 Å². The zero-order valence-electron chi connectivity index (χ0n) is 18.7. The van der Waals surface area contributed by atoms with Crippen LogP contribution < -0.4 is 0 Å². The second-order valence-electron chi connectivity index (χ2n) is 8.95. The van der Waals surface area contributed by atoms with Gasteiger partial charge in [0, 0.05) is 28.0 Å². The van der Waals surface area contributed by atoms with Crippen molar-refractivity contribution in [2.75, 3.05) is 0 Å². The average Bonchev–Trinajstić information content (AvgIpc) is 3.28. The minimum absolute atomic E-state index is 0.152. The number of hydrogen-bond donors (Lipinski definition) is 1. The number of fused-ring (bicyclic) bond motifs is 2. The van der Waals surface area contributed by atoms with Crippen LogP contribution in [0.5, 0.6) is 0 Å². The van der Waals surface area contributed by atoms with Gasteiger partial charge in [0.1, 0.15) is 11.6 Å². The lowest BCUT2D eigenvalue weighted by Gasteiger charge is -2.44. The van der Waals surface area contributed by atoms with Crippen LogP contribution in [0.25, 0.3) is 21.8 Å². The first-order valence-corrected chi connectivity index (χ1v) is 12.9. The molecule has 2 heterocycles. The van der Waals surface area contributed by atoms with Crippen molar-refractivity contribution in [3.8, 4) is 0 Å². The van der Waals surface area contributed by atoms with Gasteiger partial charge in [-0.05, 0) is 71.4 Å². The summed E-state index contributed by atoms with van der Waals surface area (Å²) < 4.78 is 28.4. The van der Waals surface area contributed by atoms with Gasteiger partial charge in [-0.1, -0.05) is 41.5 Å². The van der Waals surface area contributed by atoms with Crippen molar-refractivity contribution in [1.29, 1.82) is 0 Å². The Morgan fingerprint density at radius 3 is 1.90 bits per heavy atom. The Morgan fingerprint density at radius 1 is 0.733 bits per heavy atom. The summed E-state index contributed by atoms with van der Waals surface area (Å²) in [5.41, 5.74) is 4.09. The summed E-state index contributed by atoms with van der Waals surface area (Å²) in [5, 5.41) is 1.93. The number of nitrogens with one attached hydrogen (secondary N) is 1. The van der Waals surface area contributed by atoms with E-state index in [0.717, 1.165) is 16.3 Å². The Balaban J connectivity index is 0.000000212. The predicted molar refractivity (Wildman–Crippen MR) is 127 cm³/mol. The molecular formula is C25H32F2N2Si. The van der Waals surface area contributed by atoms with Crippen molar-refractivity contribution in [3.63, 3.8) is 0 Å². The first kappa shape index (κ1) is 22.3. The lowest BCUT2D eigenvalue weighted by Crippen LogP contribution is -2.51. The van der Waals surface area contributed by atoms with Gasteiger partial charge in [-0.3, -0.25) is 0 Å². The van der Waals surface area contributed by atoms with Crippen molar-refractivity contribution in [2.24, 2.45) is 0 Å². The molecule has 0 saturated heterocycles. The Labute approximate surface area is 179 Å². The summed E-state index contributed by atoms with van der Waals surface area (Å²) in [6.07, 6.45) is 3.99. The van der Waals surface area contributed by atoms with Crippen LogP contribution in [0.15, 0.2) is 60.9 Å². The van der Waals surface area contributed by atoms with E-state index in [4.69, 9.17) is 0 Å². The van der Waals surface area contributed by atoms with Crippen LogP contribution in [-0.2, 0) is 0 Å². The van der Waals surface area contributed by atoms with Gasteiger partial charge in [-0.2, -0.15) is 0 Å². The highest BCUT2D eigenvalue weighted by atomic mass is 28.3. The number of nitrogens with zero attached hydrogens (tertiary/aromatic N) is 1. The second kappa shape index (κ2) is 8.76. The molecule has 2 aromatic carbocycles. The third-order valence-electron chi connectivity index (χ3n) is 6.36. The molecule has 0 aliphatic heterocycles. The summed E-state index contributed by atoms with van der Waals surface area (Å²) in [4.78, 5) is 2.98. The molecule has 0 aliphatic carbocycles. The van der Waals surface area contributed by atoms with Gasteiger partial charge >= 0.3 is 0 Å². The molecule has 0 fully saturated rings. The lowest BCUT2D eigenvalue weighted by molar-refractivity contribution is 0.629. The first-order valence-electron chi connectivity index (χ1n) is 10.7. The molecular weight excluding hydrogens is 394 g/mol. The Morgan fingerprint density at radius 2 is 1.30 bits per heavy atom. The molecule has 2 nitrogen and oxygen atoms in total. The van der Waals surface area contributed by atoms with Gasteiger partial charge in [0.25, 0.3) is 0 Å². The topological polar surface area (TPSA) is 20.7 Å². The molecule has 0 saturated carbocycles. The summed E-state index contributed by atoms with van der Waals surface area (Å²) in [6.45, 7) is 14.1. The van der Waals surface area contributed by atoms with Crippen molar-refractivity contribution in [3.05, 3.63) is 72.6 Å². The molecule has 30 heavy (non-hydrogen) atoms. The van der Waals surface area contributed by atoms with Crippen LogP contribution in [0.1, 0.15) is 41.5 Å². The number of benzene rings is 2. The van der Waals surface area contributed by atoms with Gasteiger partial charge in [0.15, 0.2) is 8.24 Å². The number of halogens is 2. The summed E-state index contributed by atoms with van der Waals surface area (Å²) in [6, 6.07) is 13.8. The number of hydrogen-bond acceptors (Lipinski definition) is 0. The summed E-state index contributed by atoms with van der Waals surface area (Å²) in [7, 11) is -1.74. The third-order valence-corrected chi connectivity index (χ3v) is 13.1. The van der Waals surface area contributed by atoms with E-state index in [-0.39, 0.29) is 11.6 Å². The van der Waals surface area contributed by atoms with Crippen molar-refractivity contribution >= 4 is 30.0 Å². The smallest absolute Gasteiger partial charge is 0.169 e. The largest absolute Gasteiger partial charge is 0.373 e. The van der Waals surface area contributed by atoms with E-state index in [1.54, 1.807) is 24.4 Å². The SMILES string of the molecule is CC(C)[Si](C(C)C)(C(C)C)n1ccc2cc(F)ccc21.Fc1ccc2[nH]ccc2c1. The molecule has 0 radical (unpaired) electrons. The maximum atomic E-state index is 13.4. The molecule has 0 amide bonds. The van der Waals surface area contributed by atoms with Gasteiger partial charge in [0.2, 0.25) is 0 Å². The molecule has 160 valence electrons. The van der Waals surface area contributed by atoms with Crippen LogP contribution >= 0.6 is 0 Å². The van der Waals surface area contributed by atoms with Crippen molar-refractivity contribution < 1.29 is 8.78 Å². The number of rotatable bonds is 4. The molecule has 0 spiro atoms. The Kier molecular flexibility index (Phi) is 6.51. The Bertz CT molecular complexity index is 1100. The van der Waals surface area contributed by atoms with Crippen molar-refractivity contribution in [1.82, 2.24) is 9.22 Å². The molecule has 5 heteroatoms. The maximum Gasteiger partial charge on any atom is 0.169 e. The maximum absolute atomic E-state index is 13.4. The second-order valence-corrected chi connectivity index (χ2v) is 14.7. The molecule has 4 rings (SSSR count). The van der Waals surface area contributed by atoms with Crippen LogP contribution in [-0.4, -0.2) is 17.5 Å². The number of aromatic amines is 1. The first-order chi connectivity index (χ1) is 14.2. The molecule has 4 aromatic rings. The number of H-pyrrole nitrogens is 1. The molecule has 0 atom stereocenters. The highest BCUT2D eigenvalue weighted by Crippen LogP contribution is 2.44. The minimum atomic E-state index is -1.74. The quantitative estimate of drug-likeness (QED) is 0.318. The van der Waals surface area contributed by atoms with Crippen LogP contribution in [0.3, 0.4) is 0 Å². The van der Waals surface area contributed by atoms with E-state index in [1.807, 2.05) is 12.1 Å². The van der Waals surface area contributed by atoms with Crippen LogP contribution in [0, 0.1) is 11.6 Å². The fourth-order valence-electron chi connectivity index (χ4n) is 5.31. The molecule has 2 aromatic heterocycles. The van der Waals surface area contributed by atoms with E-state index < -0.39 is 8.24 Å². The van der Waals surface area contributed by atoms with E-state index in [0.29, 0.717) is 16.6 Å². The zero-order chi connectivity index (χ0) is 22.1. The van der Waals surface area contributed by atoms with E-state index >= 15 is 0 Å². The van der Waals surface area contributed by atoms with E-state index in [2.05, 4.69) is 63.0 Å². The van der Waals surface area contributed by atoms with Gasteiger partial charge in [-0.15, -0.1) is 0 Å².